The quantitative estimate of drug-likeness (QED) is 0.751. The van der Waals surface area contributed by atoms with Crippen molar-refractivity contribution < 1.29 is 14.0 Å². The highest BCUT2D eigenvalue weighted by molar-refractivity contribution is 6.39. The van der Waals surface area contributed by atoms with Gasteiger partial charge in [0, 0.05) is 12.5 Å². The van der Waals surface area contributed by atoms with Gasteiger partial charge < -0.3 is 10.2 Å². The van der Waals surface area contributed by atoms with E-state index in [9.17, 15) is 14.0 Å². The van der Waals surface area contributed by atoms with Crippen LogP contribution in [0.4, 0.5) is 10.1 Å². The van der Waals surface area contributed by atoms with Gasteiger partial charge in [0.15, 0.2) is 0 Å². The van der Waals surface area contributed by atoms with Crippen molar-refractivity contribution in [3.8, 4) is 0 Å². The highest BCUT2D eigenvalue weighted by atomic mass is 35.5. The summed E-state index contributed by atoms with van der Waals surface area (Å²) in [6, 6.07) is 11.4. The lowest BCUT2D eigenvalue weighted by molar-refractivity contribution is -0.135. The molecule has 3 rings (SSSR count). The molecule has 142 valence electrons. The van der Waals surface area contributed by atoms with E-state index in [0.717, 1.165) is 0 Å². The minimum atomic E-state index is -0.386. The number of hydrogen-bond acceptors (Lipinski definition) is 2. The van der Waals surface area contributed by atoms with Gasteiger partial charge in [0.25, 0.3) is 0 Å². The van der Waals surface area contributed by atoms with Gasteiger partial charge in [0.1, 0.15) is 5.82 Å². The minimum Gasteiger partial charge on any atom is -0.333 e. The molecule has 0 radical (unpaired) electrons. The Labute approximate surface area is 167 Å². The maximum absolute atomic E-state index is 13.9. The first-order chi connectivity index (χ1) is 12.9. The fraction of sp³-hybridized carbons (Fsp3) is 0.300. The van der Waals surface area contributed by atoms with Crippen molar-refractivity contribution in [1.29, 1.82) is 0 Å². The monoisotopic (exact) mass is 408 g/mol. The van der Waals surface area contributed by atoms with Crippen molar-refractivity contribution in [3.63, 3.8) is 0 Å². The second-order valence-corrected chi connectivity index (χ2v) is 7.28. The van der Waals surface area contributed by atoms with Crippen molar-refractivity contribution >= 4 is 40.7 Å². The van der Waals surface area contributed by atoms with Crippen LogP contribution in [0.5, 0.6) is 0 Å². The van der Waals surface area contributed by atoms with Crippen LogP contribution in [0.3, 0.4) is 0 Å². The summed E-state index contributed by atoms with van der Waals surface area (Å²) in [6.45, 7) is 2.06. The van der Waals surface area contributed by atoms with E-state index in [1.54, 1.807) is 43.3 Å². The minimum absolute atomic E-state index is 0.114. The number of carbonyl (C=O) groups is 2. The number of carbonyl (C=O) groups excluding carboxylic acids is 2. The summed E-state index contributed by atoms with van der Waals surface area (Å²) in [5.41, 5.74) is 0.879. The van der Waals surface area contributed by atoms with E-state index in [-0.39, 0.29) is 36.0 Å². The Bertz CT molecular complexity index is 855. The van der Waals surface area contributed by atoms with Crippen molar-refractivity contribution in [1.82, 2.24) is 4.90 Å². The summed E-state index contributed by atoms with van der Waals surface area (Å²) < 4.78 is 13.9. The maximum Gasteiger partial charge on any atom is 0.244 e. The van der Waals surface area contributed by atoms with E-state index < -0.39 is 0 Å². The SMILES string of the molecule is CCN(CC(=O)Nc1c(Cl)cccc1Cl)C(=O)C1CC1c1ccccc1F. The Hall–Kier alpha value is -2.11. The van der Waals surface area contributed by atoms with Crippen LogP contribution in [-0.4, -0.2) is 29.8 Å². The molecule has 2 atom stereocenters. The second-order valence-electron chi connectivity index (χ2n) is 6.47. The molecule has 1 aliphatic carbocycles. The molecule has 0 aliphatic heterocycles. The van der Waals surface area contributed by atoms with E-state index in [4.69, 9.17) is 23.2 Å². The lowest BCUT2D eigenvalue weighted by atomic mass is 10.1. The standard InChI is InChI=1S/C20H19Cl2FN2O2/c1-2-25(11-18(26)24-19-15(21)7-5-8-16(19)22)20(27)14-10-13(14)12-6-3-4-9-17(12)23/h3-9,13-14H,2,10-11H2,1H3,(H,24,26). The number of anilines is 1. The Balaban J connectivity index is 1.63. The van der Waals surface area contributed by atoms with Crippen LogP contribution in [0, 0.1) is 11.7 Å². The van der Waals surface area contributed by atoms with E-state index >= 15 is 0 Å². The fourth-order valence-corrected chi connectivity index (χ4v) is 3.63. The van der Waals surface area contributed by atoms with Gasteiger partial charge in [-0.2, -0.15) is 0 Å². The lowest BCUT2D eigenvalue weighted by Gasteiger charge is -2.21. The van der Waals surface area contributed by atoms with Crippen molar-refractivity contribution in [2.75, 3.05) is 18.4 Å². The van der Waals surface area contributed by atoms with Crippen LogP contribution in [0.15, 0.2) is 42.5 Å². The number of nitrogens with one attached hydrogen (secondary N) is 1. The molecule has 1 fully saturated rings. The molecule has 0 spiro atoms. The first-order valence-electron chi connectivity index (χ1n) is 8.69. The predicted molar refractivity (Wildman–Crippen MR) is 105 cm³/mol. The molecular weight excluding hydrogens is 390 g/mol. The van der Waals surface area contributed by atoms with Gasteiger partial charge in [-0.15, -0.1) is 0 Å². The highest BCUT2D eigenvalue weighted by Crippen LogP contribution is 2.49. The predicted octanol–water partition coefficient (Wildman–Crippen LogP) is 4.72. The van der Waals surface area contributed by atoms with Gasteiger partial charge >= 0.3 is 0 Å². The third kappa shape index (κ3) is 4.42. The van der Waals surface area contributed by atoms with Gasteiger partial charge in [-0.1, -0.05) is 47.5 Å². The third-order valence-electron chi connectivity index (χ3n) is 4.67. The van der Waals surface area contributed by atoms with Crippen LogP contribution in [-0.2, 0) is 9.59 Å². The number of hydrogen-bond donors (Lipinski definition) is 1. The molecule has 1 aliphatic rings. The average Bonchev–Trinajstić information content (AvgIpc) is 3.43. The van der Waals surface area contributed by atoms with Crippen LogP contribution in [0.2, 0.25) is 10.0 Å². The largest absolute Gasteiger partial charge is 0.333 e. The molecule has 0 heterocycles. The zero-order chi connectivity index (χ0) is 19.6. The van der Waals surface area contributed by atoms with Crippen LogP contribution >= 0.6 is 23.2 Å². The van der Waals surface area contributed by atoms with Crippen LogP contribution < -0.4 is 5.32 Å². The molecule has 0 saturated heterocycles. The molecule has 27 heavy (non-hydrogen) atoms. The first-order valence-corrected chi connectivity index (χ1v) is 9.45. The summed E-state index contributed by atoms with van der Waals surface area (Å²) >= 11 is 12.1. The number of benzene rings is 2. The zero-order valence-electron chi connectivity index (χ0n) is 14.7. The topological polar surface area (TPSA) is 49.4 Å². The maximum atomic E-state index is 13.9. The van der Waals surface area contributed by atoms with Crippen molar-refractivity contribution in [3.05, 3.63) is 63.9 Å². The summed E-state index contributed by atoms with van der Waals surface area (Å²) in [4.78, 5) is 26.5. The molecule has 0 bridgehead atoms. The number of amides is 2. The smallest absolute Gasteiger partial charge is 0.244 e. The molecule has 4 nitrogen and oxygen atoms in total. The first kappa shape index (κ1) is 19.6. The summed E-state index contributed by atoms with van der Waals surface area (Å²) in [6.07, 6.45) is 0.591. The summed E-state index contributed by atoms with van der Waals surface area (Å²) in [5, 5.41) is 3.30. The van der Waals surface area contributed by atoms with Crippen molar-refractivity contribution in [2.45, 2.75) is 19.3 Å². The molecule has 2 aromatic rings. The van der Waals surface area contributed by atoms with Crippen molar-refractivity contribution in [2.24, 2.45) is 5.92 Å². The number of likely N-dealkylation sites (N-methyl/N-ethyl adjacent to an activating group) is 1. The number of para-hydroxylation sites is 1. The molecule has 1 saturated carbocycles. The fourth-order valence-electron chi connectivity index (χ4n) is 3.14. The van der Waals surface area contributed by atoms with Gasteiger partial charge in [-0.3, -0.25) is 9.59 Å². The van der Waals surface area contributed by atoms with Gasteiger partial charge in [0.2, 0.25) is 11.8 Å². The second kappa shape index (κ2) is 8.28. The highest BCUT2D eigenvalue weighted by Gasteiger charge is 2.46. The number of nitrogens with zero attached hydrogens (tertiary/aromatic N) is 1. The van der Waals surface area contributed by atoms with E-state index in [2.05, 4.69) is 5.32 Å². The van der Waals surface area contributed by atoms with E-state index in [0.29, 0.717) is 34.3 Å². The van der Waals surface area contributed by atoms with Crippen LogP contribution in [0.1, 0.15) is 24.8 Å². The number of halogens is 3. The normalized spacial score (nSPS) is 18.1. The third-order valence-corrected chi connectivity index (χ3v) is 5.30. The van der Waals surface area contributed by atoms with Gasteiger partial charge in [-0.05, 0) is 43.0 Å². The Morgan fingerprint density at radius 2 is 1.81 bits per heavy atom. The lowest BCUT2D eigenvalue weighted by Crippen LogP contribution is -2.39. The zero-order valence-corrected chi connectivity index (χ0v) is 16.2. The average molecular weight is 409 g/mol. The van der Waals surface area contributed by atoms with Gasteiger partial charge in [0.05, 0.1) is 22.3 Å². The summed E-state index contributed by atoms with van der Waals surface area (Å²) in [7, 11) is 0. The molecule has 2 unspecified atom stereocenters. The van der Waals surface area contributed by atoms with E-state index in [1.807, 2.05) is 0 Å². The van der Waals surface area contributed by atoms with Crippen LogP contribution in [0.25, 0.3) is 0 Å². The molecular formula is C20H19Cl2FN2O2. The molecule has 1 N–H and O–H groups in total. The van der Waals surface area contributed by atoms with E-state index in [1.165, 1.54) is 11.0 Å². The Morgan fingerprint density at radius 1 is 1.15 bits per heavy atom. The molecule has 2 amide bonds. The summed E-state index contributed by atoms with van der Waals surface area (Å²) in [5.74, 6) is -1.26. The molecule has 0 aromatic heterocycles. The van der Waals surface area contributed by atoms with Gasteiger partial charge in [-0.25, -0.2) is 4.39 Å². The Morgan fingerprint density at radius 3 is 2.44 bits per heavy atom. The molecule has 7 heteroatoms. The number of rotatable bonds is 6. The molecule has 2 aromatic carbocycles. The Kier molecular flexibility index (Phi) is 6.02.